The summed E-state index contributed by atoms with van der Waals surface area (Å²) >= 11 is 1.03. The molecule has 0 aliphatic carbocycles. The number of hydrogen-bond acceptors (Lipinski definition) is 6. The number of methoxy groups -OCH3 is 1. The maximum Gasteiger partial charge on any atom is 0.349 e. The zero-order chi connectivity index (χ0) is 18.6. The molecule has 2 rings (SSSR count). The Morgan fingerprint density at radius 2 is 2.00 bits per heavy atom. The summed E-state index contributed by atoms with van der Waals surface area (Å²) in [5.41, 5.74) is 0. The molecular weight excluding hydrogens is 366 g/mol. The molecule has 8 nitrogen and oxygen atoms in total. The molecule has 1 aliphatic rings. The van der Waals surface area contributed by atoms with Gasteiger partial charge in [-0.1, -0.05) is 0 Å². The Balaban J connectivity index is 1.93. The van der Waals surface area contributed by atoms with E-state index in [1.165, 1.54) is 18.1 Å². The van der Waals surface area contributed by atoms with Gasteiger partial charge in [0.25, 0.3) is 0 Å². The lowest BCUT2D eigenvalue weighted by atomic mass is 9.97. The van der Waals surface area contributed by atoms with Crippen LogP contribution < -0.4 is 4.72 Å². The van der Waals surface area contributed by atoms with Gasteiger partial charge in [0.15, 0.2) is 0 Å². The number of esters is 1. The van der Waals surface area contributed by atoms with Crippen molar-refractivity contribution in [1.82, 2.24) is 14.5 Å². The number of rotatable bonds is 5. The van der Waals surface area contributed by atoms with Crippen molar-refractivity contribution in [2.45, 2.75) is 17.7 Å². The lowest BCUT2D eigenvalue weighted by Crippen LogP contribution is -2.45. The molecular formula is C15H23N3O5S2. The molecule has 140 valence electrons. The molecule has 0 atom stereocenters. The average molecular weight is 389 g/mol. The van der Waals surface area contributed by atoms with E-state index in [4.69, 9.17) is 0 Å². The number of nitrogens with one attached hydrogen (secondary N) is 1. The van der Waals surface area contributed by atoms with E-state index in [2.05, 4.69) is 9.46 Å². The summed E-state index contributed by atoms with van der Waals surface area (Å²) in [5, 5.41) is 1.55. The molecule has 0 radical (unpaired) electrons. The Morgan fingerprint density at radius 3 is 2.56 bits per heavy atom. The molecule has 1 saturated heterocycles. The van der Waals surface area contributed by atoms with E-state index in [1.807, 2.05) is 0 Å². The standard InChI is InChI=1S/C15H23N3O5S2/c1-17(2)15(20)18-7-4-11(5-8-18)10-16-25(21,22)12-6-9-24-13(12)14(19)23-3/h6,9,11,16H,4-5,7-8,10H2,1-3H3. The van der Waals surface area contributed by atoms with Crippen LogP contribution in [-0.2, 0) is 14.8 Å². The van der Waals surface area contributed by atoms with E-state index < -0.39 is 16.0 Å². The first-order valence-electron chi connectivity index (χ1n) is 7.88. The predicted octanol–water partition coefficient (Wildman–Crippen LogP) is 1.21. The molecule has 1 fully saturated rings. The van der Waals surface area contributed by atoms with Gasteiger partial charge in [-0.3, -0.25) is 0 Å². The van der Waals surface area contributed by atoms with Gasteiger partial charge in [-0.05, 0) is 30.2 Å². The van der Waals surface area contributed by atoms with Gasteiger partial charge >= 0.3 is 12.0 Å². The Morgan fingerprint density at radius 1 is 1.36 bits per heavy atom. The summed E-state index contributed by atoms with van der Waals surface area (Å²) in [6.45, 7) is 1.49. The summed E-state index contributed by atoms with van der Waals surface area (Å²) in [6, 6.07) is 1.37. The van der Waals surface area contributed by atoms with Crippen molar-refractivity contribution in [2.75, 3.05) is 40.8 Å². The minimum Gasteiger partial charge on any atom is -0.465 e. The topological polar surface area (TPSA) is 96.0 Å². The second kappa shape index (κ2) is 8.15. The zero-order valence-electron chi connectivity index (χ0n) is 14.5. The number of nitrogens with zero attached hydrogens (tertiary/aromatic N) is 2. The van der Waals surface area contributed by atoms with Crippen molar-refractivity contribution in [3.05, 3.63) is 16.3 Å². The van der Waals surface area contributed by atoms with Crippen LogP contribution in [0.4, 0.5) is 4.79 Å². The lowest BCUT2D eigenvalue weighted by molar-refractivity contribution is 0.0602. The molecule has 25 heavy (non-hydrogen) atoms. The number of ether oxygens (including phenoxy) is 1. The Hall–Kier alpha value is -1.65. The maximum absolute atomic E-state index is 12.5. The van der Waals surface area contributed by atoms with Gasteiger partial charge in [0.2, 0.25) is 10.0 Å². The van der Waals surface area contributed by atoms with Crippen molar-refractivity contribution in [3.63, 3.8) is 0 Å². The van der Waals surface area contributed by atoms with Crippen LogP contribution in [0.1, 0.15) is 22.5 Å². The molecule has 2 heterocycles. The minimum absolute atomic E-state index is 0.0278. The van der Waals surface area contributed by atoms with Crippen molar-refractivity contribution >= 4 is 33.4 Å². The first-order chi connectivity index (χ1) is 11.8. The van der Waals surface area contributed by atoms with Crippen molar-refractivity contribution in [2.24, 2.45) is 5.92 Å². The van der Waals surface area contributed by atoms with Crippen LogP contribution in [0.5, 0.6) is 0 Å². The second-order valence-corrected chi connectivity index (χ2v) is 8.72. The van der Waals surface area contributed by atoms with Crippen LogP contribution >= 0.6 is 11.3 Å². The van der Waals surface area contributed by atoms with Crippen LogP contribution in [0.15, 0.2) is 16.3 Å². The Labute approximate surface area is 151 Å². The summed E-state index contributed by atoms with van der Waals surface area (Å²) in [6.07, 6.45) is 1.46. The Bertz CT molecular complexity index is 721. The fourth-order valence-corrected chi connectivity index (χ4v) is 5.12. The quantitative estimate of drug-likeness (QED) is 0.764. The number of hydrogen-bond donors (Lipinski definition) is 1. The van der Waals surface area contributed by atoms with Gasteiger partial charge < -0.3 is 14.5 Å². The highest BCUT2D eigenvalue weighted by atomic mass is 32.2. The Kier molecular flexibility index (Phi) is 6.42. The number of likely N-dealkylation sites (tertiary alicyclic amines) is 1. The van der Waals surface area contributed by atoms with Gasteiger partial charge in [0.1, 0.15) is 9.77 Å². The van der Waals surface area contributed by atoms with E-state index in [1.54, 1.807) is 24.4 Å². The molecule has 0 bridgehead atoms. The zero-order valence-corrected chi connectivity index (χ0v) is 16.2. The van der Waals surface area contributed by atoms with Gasteiger partial charge in [-0.15, -0.1) is 11.3 Å². The smallest absolute Gasteiger partial charge is 0.349 e. The highest BCUT2D eigenvalue weighted by Crippen LogP contribution is 2.23. The summed E-state index contributed by atoms with van der Waals surface area (Å²) in [7, 11) is 0.864. The fraction of sp³-hybridized carbons (Fsp3) is 0.600. The molecule has 0 unspecified atom stereocenters. The number of sulfonamides is 1. The number of carbonyl (C=O) groups is 2. The second-order valence-electron chi connectivity index (χ2n) is 6.06. The third-order valence-corrected chi connectivity index (χ3v) is 6.61. The highest BCUT2D eigenvalue weighted by molar-refractivity contribution is 7.89. The molecule has 0 aromatic carbocycles. The third-order valence-electron chi connectivity index (χ3n) is 4.12. The van der Waals surface area contributed by atoms with E-state index >= 15 is 0 Å². The van der Waals surface area contributed by atoms with Gasteiger partial charge in [0, 0.05) is 33.7 Å². The highest BCUT2D eigenvalue weighted by Gasteiger charge is 2.27. The number of urea groups is 1. The molecule has 1 N–H and O–H groups in total. The first kappa shape index (κ1) is 19.7. The lowest BCUT2D eigenvalue weighted by Gasteiger charge is -2.33. The van der Waals surface area contributed by atoms with E-state index in [-0.39, 0.29) is 28.3 Å². The van der Waals surface area contributed by atoms with E-state index in [9.17, 15) is 18.0 Å². The van der Waals surface area contributed by atoms with Gasteiger partial charge in [-0.2, -0.15) is 0 Å². The SMILES string of the molecule is COC(=O)c1sccc1S(=O)(=O)NCC1CCN(C(=O)N(C)C)CC1. The van der Waals surface area contributed by atoms with Crippen molar-refractivity contribution in [1.29, 1.82) is 0 Å². The van der Waals surface area contributed by atoms with Gasteiger partial charge in [0.05, 0.1) is 7.11 Å². The van der Waals surface area contributed by atoms with E-state index in [0.29, 0.717) is 13.1 Å². The monoisotopic (exact) mass is 389 g/mol. The fourth-order valence-electron chi connectivity index (χ4n) is 2.67. The maximum atomic E-state index is 12.5. The summed E-state index contributed by atoms with van der Waals surface area (Å²) < 4.78 is 32.1. The van der Waals surface area contributed by atoms with Crippen LogP contribution in [0.25, 0.3) is 0 Å². The van der Waals surface area contributed by atoms with Crippen molar-refractivity contribution < 1.29 is 22.7 Å². The average Bonchev–Trinajstić information content (AvgIpc) is 3.10. The largest absolute Gasteiger partial charge is 0.465 e. The molecule has 10 heteroatoms. The molecule has 1 aliphatic heterocycles. The first-order valence-corrected chi connectivity index (χ1v) is 10.2. The number of carbonyl (C=O) groups excluding carboxylic acids is 2. The third kappa shape index (κ3) is 4.71. The van der Waals surface area contributed by atoms with Crippen LogP contribution in [0.2, 0.25) is 0 Å². The molecule has 0 saturated carbocycles. The predicted molar refractivity (Wildman–Crippen MR) is 94.2 cm³/mol. The number of thiophene rings is 1. The normalized spacial score (nSPS) is 15.9. The van der Waals surface area contributed by atoms with Crippen molar-refractivity contribution in [3.8, 4) is 0 Å². The van der Waals surface area contributed by atoms with Crippen LogP contribution in [-0.4, -0.2) is 71.1 Å². The number of amides is 2. The molecule has 1 aromatic heterocycles. The molecule has 1 aromatic rings. The summed E-state index contributed by atoms with van der Waals surface area (Å²) in [5.74, 6) is -0.507. The molecule has 2 amide bonds. The van der Waals surface area contributed by atoms with E-state index in [0.717, 1.165) is 24.2 Å². The van der Waals surface area contributed by atoms with Crippen LogP contribution in [0, 0.1) is 5.92 Å². The number of piperidine rings is 1. The van der Waals surface area contributed by atoms with Gasteiger partial charge in [-0.25, -0.2) is 22.7 Å². The summed E-state index contributed by atoms with van der Waals surface area (Å²) in [4.78, 5) is 26.9. The molecule has 0 spiro atoms. The minimum atomic E-state index is -3.77. The van der Waals surface area contributed by atoms with Crippen LogP contribution in [0.3, 0.4) is 0 Å².